The van der Waals surface area contributed by atoms with Crippen LogP contribution >= 0.6 is 0 Å². The number of hydrogen-bond donors (Lipinski definition) is 2. The highest BCUT2D eigenvalue weighted by Crippen LogP contribution is 2.24. The third kappa shape index (κ3) is 24.5. The monoisotopic (exact) mass is 598 g/mol. The van der Waals surface area contributed by atoms with E-state index < -0.39 is 48.6 Å². The Morgan fingerprint density at radius 3 is 1.26 bits per heavy atom. The molecule has 8 heteroatoms. The van der Waals surface area contributed by atoms with E-state index in [-0.39, 0.29) is 13.2 Å². The SMILES string of the molecule is CC(C)CCCCCCCCCCOC(=O)CC(C(=O)OCCCCCCCCCCC(C)C)C(CC(=O)O)C(=O)O. The van der Waals surface area contributed by atoms with Crippen LogP contribution in [0.25, 0.3) is 0 Å². The first-order chi connectivity index (χ1) is 20.0. The zero-order chi connectivity index (χ0) is 31.6. The maximum Gasteiger partial charge on any atom is 0.310 e. The number of esters is 2. The lowest BCUT2D eigenvalue weighted by Gasteiger charge is -2.21. The summed E-state index contributed by atoms with van der Waals surface area (Å²) in [5, 5.41) is 18.8. The summed E-state index contributed by atoms with van der Waals surface area (Å²) in [6, 6.07) is 0. The average molecular weight is 599 g/mol. The lowest BCUT2D eigenvalue weighted by Crippen LogP contribution is -2.35. The minimum atomic E-state index is -1.56. The van der Waals surface area contributed by atoms with Crippen LogP contribution in [-0.4, -0.2) is 47.3 Å². The van der Waals surface area contributed by atoms with Crippen molar-refractivity contribution < 1.29 is 38.9 Å². The number of rotatable bonds is 29. The molecule has 0 aromatic carbocycles. The molecule has 2 atom stereocenters. The number of ether oxygens (including phenoxy) is 2. The minimum Gasteiger partial charge on any atom is -0.481 e. The summed E-state index contributed by atoms with van der Waals surface area (Å²) in [4.78, 5) is 48.3. The Morgan fingerprint density at radius 2 is 0.881 bits per heavy atom. The van der Waals surface area contributed by atoms with Gasteiger partial charge in [-0.3, -0.25) is 19.2 Å². The van der Waals surface area contributed by atoms with Crippen molar-refractivity contribution in [2.45, 2.75) is 156 Å². The van der Waals surface area contributed by atoms with Gasteiger partial charge in [-0.25, -0.2) is 0 Å². The fourth-order valence-electron chi connectivity index (χ4n) is 5.11. The van der Waals surface area contributed by atoms with E-state index in [9.17, 15) is 29.4 Å². The van der Waals surface area contributed by atoms with Crippen LogP contribution in [0.3, 0.4) is 0 Å². The van der Waals surface area contributed by atoms with Gasteiger partial charge in [-0.2, -0.15) is 0 Å². The molecule has 0 spiro atoms. The zero-order valence-corrected chi connectivity index (χ0v) is 27.2. The Balaban J connectivity index is 4.37. The van der Waals surface area contributed by atoms with Gasteiger partial charge in [0.25, 0.3) is 0 Å². The van der Waals surface area contributed by atoms with Crippen molar-refractivity contribution in [2.75, 3.05) is 13.2 Å². The molecule has 0 amide bonds. The summed E-state index contributed by atoms with van der Waals surface area (Å²) < 4.78 is 10.6. The normalized spacial score (nSPS) is 12.8. The van der Waals surface area contributed by atoms with Gasteiger partial charge in [0.15, 0.2) is 0 Å². The van der Waals surface area contributed by atoms with Gasteiger partial charge in [0.1, 0.15) is 0 Å². The quantitative estimate of drug-likeness (QED) is 0.0647. The van der Waals surface area contributed by atoms with E-state index in [0.717, 1.165) is 50.4 Å². The van der Waals surface area contributed by atoms with E-state index in [0.29, 0.717) is 12.8 Å². The first kappa shape index (κ1) is 39.9. The fourth-order valence-corrected chi connectivity index (χ4v) is 5.11. The van der Waals surface area contributed by atoms with E-state index in [1.54, 1.807) is 0 Å². The smallest absolute Gasteiger partial charge is 0.310 e. The number of carboxylic acids is 2. The predicted octanol–water partition coefficient (Wildman–Crippen LogP) is 8.59. The molecule has 0 saturated heterocycles. The maximum absolute atomic E-state index is 12.8. The molecule has 2 N–H and O–H groups in total. The van der Waals surface area contributed by atoms with E-state index in [4.69, 9.17) is 9.47 Å². The molecular weight excluding hydrogens is 536 g/mol. The molecule has 2 unspecified atom stereocenters. The molecule has 0 aliphatic rings. The van der Waals surface area contributed by atoms with Gasteiger partial charge in [0.2, 0.25) is 0 Å². The van der Waals surface area contributed by atoms with E-state index in [1.165, 1.54) is 64.2 Å². The van der Waals surface area contributed by atoms with Gasteiger partial charge < -0.3 is 19.7 Å². The van der Waals surface area contributed by atoms with Gasteiger partial charge >= 0.3 is 23.9 Å². The standard InChI is InChI=1S/C34H62O8/c1-27(2)21-17-13-9-5-7-11-15-19-23-41-32(37)26-30(29(33(38)39)25-31(35)36)34(40)42-24-20-16-12-8-6-10-14-18-22-28(3)4/h27-30H,5-26H2,1-4H3,(H,35,36)(H,38,39). The lowest BCUT2D eigenvalue weighted by atomic mass is 9.87. The van der Waals surface area contributed by atoms with Crippen LogP contribution in [0.4, 0.5) is 0 Å². The number of carbonyl (C=O) groups is 4. The number of carbonyl (C=O) groups excluding carboxylic acids is 2. The van der Waals surface area contributed by atoms with Crippen LogP contribution in [0.5, 0.6) is 0 Å². The van der Waals surface area contributed by atoms with Gasteiger partial charge in [0.05, 0.1) is 37.9 Å². The molecule has 246 valence electrons. The second kappa shape index (κ2) is 26.5. The Labute approximate surface area is 255 Å². The van der Waals surface area contributed by atoms with Crippen molar-refractivity contribution >= 4 is 23.9 Å². The average Bonchev–Trinajstić information content (AvgIpc) is 2.91. The molecule has 0 bridgehead atoms. The van der Waals surface area contributed by atoms with Crippen LogP contribution in [-0.2, 0) is 28.7 Å². The first-order valence-corrected chi connectivity index (χ1v) is 16.8. The number of unbranched alkanes of at least 4 members (excludes halogenated alkanes) is 14. The first-order valence-electron chi connectivity index (χ1n) is 16.8. The summed E-state index contributed by atoms with van der Waals surface area (Å²) in [6.45, 7) is 9.31. The van der Waals surface area contributed by atoms with Gasteiger partial charge in [0, 0.05) is 0 Å². The Bertz CT molecular complexity index is 718. The predicted molar refractivity (Wildman–Crippen MR) is 166 cm³/mol. The molecule has 0 radical (unpaired) electrons. The molecule has 0 aromatic heterocycles. The minimum absolute atomic E-state index is 0.121. The molecule has 0 fully saturated rings. The molecule has 8 nitrogen and oxygen atoms in total. The summed E-state index contributed by atoms with van der Waals surface area (Å²) in [5.41, 5.74) is 0. The summed E-state index contributed by atoms with van der Waals surface area (Å²) in [6.07, 6.45) is 18.8. The van der Waals surface area contributed by atoms with Gasteiger partial charge in [-0.1, -0.05) is 130 Å². The highest BCUT2D eigenvalue weighted by molar-refractivity contribution is 5.87. The third-order valence-corrected chi connectivity index (χ3v) is 7.75. The summed E-state index contributed by atoms with van der Waals surface area (Å²) in [5.74, 6) is -5.77. The van der Waals surface area contributed by atoms with Crippen molar-refractivity contribution in [3.05, 3.63) is 0 Å². The van der Waals surface area contributed by atoms with Gasteiger partial charge in [-0.05, 0) is 24.7 Å². The highest BCUT2D eigenvalue weighted by Gasteiger charge is 2.38. The van der Waals surface area contributed by atoms with Crippen molar-refractivity contribution in [1.29, 1.82) is 0 Å². The Kier molecular flexibility index (Phi) is 25.2. The summed E-state index contributed by atoms with van der Waals surface area (Å²) >= 11 is 0. The molecule has 0 heterocycles. The molecule has 42 heavy (non-hydrogen) atoms. The largest absolute Gasteiger partial charge is 0.481 e. The highest BCUT2D eigenvalue weighted by atomic mass is 16.5. The van der Waals surface area contributed by atoms with Crippen LogP contribution in [0.15, 0.2) is 0 Å². The van der Waals surface area contributed by atoms with Crippen LogP contribution in [0, 0.1) is 23.7 Å². The molecule has 0 aromatic rings. The van der Waals surface area contributed by atoms with Crippen molar-refractivity contribution in [3.8, 4) is 0 Å². The lowest BCUT2D eigenvalue weighted by molar-refractivity contribution is -0.164. The van der Waals surface area contributed by atoms with Crippen molar-refractivity contribution in [2.24, 2.45) is 23.7 Å². The zero-order valence-electron chi connectivity index (χ0n) is 27.2. The molecule has 0 saturated carbocycles. The van der Waals surface area contributed by atoms with E-state index in [1.807, 2.05) is 0 Å². The topological polar surface area (TPSA) is 127 Å². The van der Waals surface area contributed by atoms with Crippen LogP contribution in [0.2, 0.25) is 0 Å². The summed E-state index contributed by atoms with van der Waals surface area (Å²) in [7, 11) is 0. The van der Waals surface area contributed by atoms with Crippen molar-refractivity contribution in [1.82, 2.24) is 0 Å². The van der Waals surface area contributed by atoms with Crippen molar-refractivity contribution in [3.63, 3.8) is 0 Å². The maximum atomic E-state index is 12.8. The number of aliphatic carboxylic acids is 2. The molecule has 0 rings (SSSR count). The van der Waals surface area contributed by atoms with Crippen LogP contribution in [0.1, 0.15) is 156 Å². The Morgan fingerprint density at radius 1 is 0.500 bits per heavy atom. The van der Waals surface area contributed by atoms with E-state index >= 15 is 0 Å². The molecule has 0 aliphatic carbocycles. The van der Waals surface area contributed by atoms with Gasteiger partial charge in [-0.15, -0.1) is 0 Å². The third-order valence-electron chi connectivity index (χ3n) is 7.75. The second-order valence-corrected chi connectivity index (χ2v) is 12.8. The fraction of sp³-hybridized carbons (Fsp3) is 0.882. The van der Waals surface area contributed by atoms with E-state index in [2.05, 4.69) is 27.7 Å². The molecule has 0 aliphatic heterocycles. The number of hydrogen-bond acceptors (Lipinski definition) is 6. The Hall–Kier alpha value is -2.12. The second-order valence-electron chi connectivity index (χ2n) is 12.8. The van der Waals surface area contributed by atoms with Crippen LogP contribution < -0.4 is 0 Å². The molecular formula is C34H62O8. The number of carboxylic acid groups (broad SMARTS) is 2.